The summed E-state index contributed by atoms with van der Waals surface area (Å²) in [5, 5.41) is 5.63. The van der Waals surface area contributed by atoms with Crippen molar-refractivity contribution < 1.29 is 0 Å². The second kappa shape index (κ2) is 6.58. The largest absolute Gasteiger partial charge is 0.312 e. The molecule has 1 heterocycles. The number of rotatable bonds is 6. The van der Waals surface area contributed by atoms with Crippen LogP contribution in [-0.2, 0) is 6.54 Å². The molecule has 2 aromatic rings. The number of thiophene rings is 1. The van der Waals surface area contributed by atoms with Gasteiger partial charge in [0.05, 0.1) is 0 Å². The van der Waals surface area contributed by atoms with Crippen LogP contribution >= 0.6 is 11.3 Å². The molecule has 0 aliphatic heterocycles. The van der Waals surface area contributed by atoms with E-state index in [1.807, 2.05) is 11.3 Å². The maximum Gasteiger partial charge on any atom is 0.0299 e. The van der Waals surface area contributed by atoms with Gasteiger partial charge in [-0.2, -0.15) is 0 Å². The zero-order chi connectivity index (χ0) is 11.9. The van der Waals surface area contributed by atoms with Crippen LogP contribution in [-0.4, -0.2) is 6.54 Å². The maximum atomic E-state index is 3.50. The van der Waals surface area contributed by atoms with E-state index in [1.54, 1.807) is 0 Å². The minimum absolute atomic E-state index is 0.632. The molecule has 0 amide bonds. The summed E-state index contributed by atoms with van der Waals surface area (Å²) in [6, 6.07) is 15.0. The van der Waals surface area contributed by atoms with E-state index in [0.29, 0.717) is 5.92 Å². The minimum Gasteiger partial charge on any atom is -0.312 e. The predicted molar refractivity (Wildman–Crippen MR) is 75.5 cm³/mol. The highest BCUT2D eigenvalue weighted by Crippen LogP contribution is 2.17. The van der Waals surface area contributed by atoms with Crippen LogP contribution in [0.25, 0.3) is 0 Å². The molecule has 1 N–H and O–H groups in total. The van der Waals surface area contributed by atoms with Crippen LogP contribution in [0.2, 0.25) is 0 Å². The van der Waals surface area contributed by atoms with Crippen LogP contribution in [0.4, 0.5) is 0 Å². The SMILES string of the molecule is CC(CCNCc1cccs1)c1ccccc1. The monoisotopic (exact) mass is 245 g/mol. The van der Waals surface area contributed by atoms with Crippen molar-refractivity contribution in [3.8, 4) is 0 Å². The van der Waals surface area contributed by atoms with Gasteiger partial charge in [-0.1, -0.05) is 43.3 Å². The number of nitrogens with one attached hydrogen (secondary N) is 1. The molecule has 17 heavy (non-hydrogen) atoms. The normalized spacial score (nSPS) is 12.5. The van der Waals surface area contributed by atoms with Crippen molar-refractivity contribution in [2.45, 2.75) is 25.8 Å². The molecular formula is C15H19NS. The fourth-order valence-electron chi connectivity index (χ4n) is 1.89. The summed E-state index contributed by atoms with van der Waals surface area (Å²) in [6.07, 6.45) is 1.19. The lowest BCUT2D eigenvalue weighted by molar-refractivity contribution is 0.597. The Kier molecular flexibility index (Phi) is 4.77. The molecule has 0 aliphatic carbocycles. The van der Waals surface area contributed by atoms with Crippen LogP contribution in [0, 0.1) is 0 Å². The first-order chi connectivity index (χ1) is 8.36. The van der Waals surface area contributed by atoms with Gasteiger partial charge in [-0.05, 0) is 35.9 Å². The Hall–Kier alpha value is -1.12. The van der Waals surface area contributed by atoms with Crippen LogP contribution in [0.1, 0.15) is 29.7 Å². The highest BCUT2D eigenvalue weighted by atomic mass is 32.1. The fourth-order valence-corrected chi connectivity index (χ4v) is 2.57. The summed E-state index contributed by atoms with van der Waals surface area (Å²) in [7, 11) is 0. The standard InChI is InChI=1S/C15H19NS/c1-13(14-6-3-2-4-7-14)9-10-16-12-15-8-5-11-17-15/h2-8,11,13,16H,9-10,12H2,1H3. The second-order valence-electron chi connectivity index (χ2n) is 4.36. The Balaban J connectivity index is 1.68. The van der Waals surface area contributed by atoms with Crippen molar-refractivity contribution in [3.63, 3.8) is 0 Å². The highest BCUT2D eigenvalue weighted by molar-refractivity contribution is 7.09. The summed E-state index contributed by atoms with van der Waals surface area (Å²) >= 11 is 1.82. The van der Waals surface area contributed by atoms with Gasteiger partial charge in [0, 0.05) is 11.4 Å². The molecule has 1 nitrogen and oxygen atoms in total. The first kappa shape index (κ1) is 12.3. The lowest BCUT2D eigenvalue weighted by Crippen LogP contribution is -2.15. The molecule has 0 fully saturated rings. The van der Waals surface area contributed by atoms with Gasteiger partial charge in [0.15, 0.2) is 0 Å². The zero-order valence-electron chi connectivity index (χ0n) is 10.2. The number of benzene rings is 1. The fraction of sp³-hybridized carbons (Fsp3) is 0.333. The van der Waals surface area contributed by atoms with Gasteiger partial charge in [0.25, 0.3) is 0 Å². The lowest BCUT2D eigenvalue weighted by atomic mass is 9.98. The summed E-state index contributed by atoms with van der Waals surface area (Å²) in [4.78, 5) is 1.41. The molecule has 0 spiro atoms. The van der Waals surface area contributed by atoms with Crippen LogP contribution in [0.15, 0.2) is 47.8 Å². The molecule has 0 radical (unpaired) electrons. The Morgan fingerprint density at radius 3 is 2.65 bits per heavy atom. The van der Waals surface area contributed by atoms with Gasteiger partial charge in [0.1, 0.15) is 0 Å². The van der Waals surface area contributed by atoms with Gasteiger partial charge in [0.2, 0.25) is 0 Å². The molecule has 0 saturated heterocycles. The highest BCUT2D eigenvalue weighted by Gasteiger charge is 2.03. The molecule has 1 aromatic heterocycles. The van der Waals surface area contributed by atoms with E-state index >= 15 is 0 Å². The molecule has 0 aliphatic rings. The van der Waals surface area contributed by atoms with E-state index in [2.05, 4.69) is 60.1 Å². The smallest absolute Gasteiger partial charge is 0.0299 e. The average Bonchev–Trinajstić information content (AvgIpc) is 2.88. The van der Waals surface area contributed by atoms with Gasteiger partial charge in [-0.15, -0.1) is 11.3 Å². The topological polar surface area (TPSA) is 12.0 Å². The summed E-state index contributed by atoms with van der Waals surface area (Å²) in [6.45, 7) is 4.37. The van der Waals surface area contributed by atoms with E-state index in [0.717, 1.165) is 13.1 Å². The third-order valence-corrected chi connectivity index (χ3v) is 3.88. The molecule has 2 heteroatoms. The molecule has 2 rings (SSSR count). The summed E-state index contributed by atoms with van der Waals surface area (Å²) in [5.41, 5.74) is 1.44. The molecule has 1 atom stereocenters. The van der Waals surface area contributed by atoms with Crippen molar-refractivity contribution >= 4 is 11.3 Å². The first-order valence-electron chi connectivity index (χ1n) is 6.14. The average molecular weight is 245 g/mol. The van der Waals surface area contributed by atoms with Crippen molar-refractivity contribution in [1.29, 1.82) is 0 Å². The van der Waals surface area contributed by atoms with E-state index in [-0.39, 0.29) is 0 Å². The van der Waals surface area contributed by atoms with E-state index in [1.165, 1.54) is 16.9 Å². The van der Waals surface area contributed by atoms with Crippen LogP contribution in [0.3, 0.4) is 0 Å². The summed E-state index contributed by atoms with van der Waals surface area (Å²) in [5.74, 6) is 0.632. The van der Waals surface area contributed by atoms with Crippen LogP contribution < -0.4 is 5.32 Å². The van der Waals surface area contributed by atoms with Crippen molar-refractivity contribution in [1.82, 2.24) is 5.32 Å². The maximum absolute atomic E-state index is 3.50. The number of hydrogen-bond donors (Lipinski definition) is 1. The third kappa shape index (κ3) is 3.99. The van der Waals surface area contributed by atoms with E-state index < -0.39 is 0 Å². The Morgan fingerprint density at radius 2 is 1.94 bits per heavy atom. The van der Waals surface area contributed by atoms with E-state index in [4.69, 9.17) is 0 Å². The minimum atomic E-state index is 0.632. The summed E-state index contributed by atoms with van der Waals surface area (Å²) < 4.78 is 0. The second-order valence-corrected chi connectivity index (χ2v) is 5.39. The van der Waals surface area contributed by atoms with Gasteiger partial charge < -0.3 is 5.32 Å². The Labute approximate surface area is 108 Å². The molecule has 0 bridgehead atoms. The quantitative estimate of drug-likeness (QED) is 0.758. The van der Waals surface area contributed by atoms with Gasteiger partial charge in [-0.3, -0.25) is 0 Å². The predicted octanol–water partition coefficient (Wildman–Crippen LogP) is 4.03. The van der Waals surface area contributed by atoms with Crippen molar-refractivity contribution in [3.05, 3.63) is 58.3 Å². The Bertz CT molecular complexity index is 408. The number of hydrogen-bond acceptors (Lipinski definition) is 2. The molecular weight excluding hydrogens is 226 g/mol. The molecule has 90 valence electrons. The third-order valence-electron chi connectivity index (χ3n) is 3.00. The lowest BCUT2D eigenvalue weighted by Gasteiger charge is -2.11. The van der Waals surface area contributed by atoms with Gasteiger partial charge >= 0.3 is 0 Å². The molecule has 0 saturated carbocycles. The zero-order valence-corrected chi connectivity index (χ0v) is 11.0. The Morgan fingerprint density at radius 1 is 1.12 bits per heavy atom. The van der Waals surface area contributed by atoms with Gasteiger partial charge in [-0.25, -0.2) is 0 Å². The van der Waals surface area contributed by atoms with Crippen molar-refractivity contribution in [2.75, 3.05) is 6.54 Å². The van der Waals surface area contributed by atoms with Crippen LogP contribution in [0.5, 0.6) is 0 Å². The first-order valence-corrected chi connectivity index (χ1v) is 7.02. The van der Waals surface area contributed by atoms with Crippen molar-refractivity contribution in [2.24, 2.45) is 0 Å². The van der Waals surface area contributed by atoms with E-state index in [9.17, 15) is 0 Å². The molecule has 1 unspecified atom stereocenters. The molecule has 1 aromatic carbocycles.